The first kappa shape index (κ1) is 22.9. The Hall–Kier alpha value is -1.92. The van der Waals surface area contributed by atoms with E-state index in [4.69, 9.17) is 5.10 Å². The molecule has 0 radical (unpaired) electrons. The molecule has 2 saturated carbocycles. The van der Waals surface area contributed by atoms with E-state index in [1.807, 2.05) is 0 Å². The van der Waals surface area contributed by atoms with Gasteiger partial charge in [0.2, 0.25) is 0 Å². The topological polar surface area (TPSA) is 44.7 Å². The van der Waals surface area contributed by atoms with Crippen molar-refractivity contribution in [3.05, 3.63) is 74.2 Å². The minimum Gasteiger partial charge on any atom is -0.334 e. The molecular weight excluding hydrogens is 542 g/mol. The number of allylic oxidation sites excluding steroid dienone is 1. The number of benzene rings is 2. The molecular formula is C27H29Br2N3O. The predicted molar refractivity (Wildman–Crippen MR) is 141 cm³/mol. The highest BCUT2D eigenvalue weighted by atomic mass is 79.9. The average molecular weight is 571 g/mol. The van der Waals surface area contributed by atoms with E-state index < -0.39 is 0 Å². The molecule has 2 aromatic rings. The van der Waals surface area contributed by atoms with Crippen LogP contribution in [0.15, 0.2) is 68.2 Å². The number of nitrogens with one attached hydrogen (secondary N) is 1. The van der Waals surface area contributed by atoms with E-state index in [1.54, 1.807) is 5.01 Å². The summed E-state index contributed by atoms with van der Waals surface area (Å²) in [6, 6.07) is 16.9. The summed E-state index contributed by atoms with van der Waals surface area (Å²) in [5.41, 5.74) is 4.65. The van der Waals surface area contributed by atoms with Crippen molar-refractivity contribution in [2.24, 2.45) is 11.0 Å². The quantitative estimate of drug-likeness (QED) is 0.401. The molecule has 2 amide bonds. The first-order valence-electron chi connectivity index (χ1n) is 12.0. The van der Waals surface area contributed by atoms with E-state index in [9.17, 15) is 4.79 Å². The first-order valence-corrected chi connectivity index (χ1v) is 13.6. The van der Waals surface area contributed by atoms with Crippen LogP contribution in [0.2, 0.25) is 0 Å². The fourth-order valence-electron chi connectivity index (χ4n) is 5.41. The number of hydrogen-bond donors (Lipinski definition) is 1. The highest BCUT2D eigenvalue weighted by Crippen LogP contribution is 2.44. The van der Waals surface area contributed by atoms with Gasteiger partial charge in [-0.1, -0.05) is 75.4 Å². The minimum absolute atomic E-state index is 0.0558. The monoisotopic (exact) mass is 569 g/mol. The molecule has 172 valence electrons. The number of halogens is 2. The second kappa shape index (κ2) is 10.1. The van der Waals surface area contributed by atoms with Gasteiger partial charge >= 0.3 is 6.03 Å². The second-order valence-corrected chi connectivity index (χ2v) is 11.2. The lowest BCUT2D eigenvalue weighted by molar-refractivity contribution is 0.167. The van der Waals surface area contributed by atoms with Crippen molar-refractivity contribution in [1.82, 2.24) is 10.3 Å². The molecule has 1 aliphatic heterocycles. The van der Waals surface area contributed by atoms with Crippen LogP contribution in [-0.4, -0.2) is 22.8 Å². The normalized spacial score (nSPS) is 24.5. The molecule has 1 heterocycles. The molecule has 0 spiro atoms. The van der Waals surface area contributed by atoms with Crippen molar-refractivity contribution in [2.45, 2.75) is 63.5 Å². The summed E-state index contributed by atoms with van der Waals surface area (Å²) >= 11 is 7.07. The fourth-order valence-corrected chi connectivity index (χ4v) is 5.94. The van der Waals surface area contributed by atoms with Gasteiger partial charge in [-0.2, -0.15) is 5.10 Å². The Balaban J connectivity index is 1.48. The summed E-state index contributed by atoms with van der Waals surface area (Å²) in [6.07, 6.45) is 11.2. The lowest BCUT2D eigenvalue weighted by Gasteiger charge is -2.31. The molecule has 2 atom stereocenters. The van der Waals surface area contributed by atoms with Crippen molar-refractivity contribution in [3.8, 4) is 0 Å². The predicted octanol–water partition coefficient (Wildman–Crippen LogP) is 7.85. The number of urea groups is 1. The van der Waals surface area contributed by atoms with E-state index in [0.717, 1.165) is 52.3 Å². The van der Waals surface area contributed by atoms with E-state index in [-0.39, 0.29) is 24.0 Å². The molecule has 33 heavy (non-hydrogen) atoms. The Morgan fingerprint density at radius 3 is 2.27 bits per heavy atom. The maximum Gasteiger partial charge on any atom is 0.338 e. The highest BCUT2D eigenvalue weighted by Gasteiger charge is 2.44. The molecule has 0 bridgehead atoms. The number of fused-ring (bicyclic) bond motifs is 1. The molecule has 0 aromatic heterocycles. The van der Waals surface area contributed by atoms with Gasteiger partial charge in [-0.3, -0.25) is 0 Å². The fraction of sp³-hybridized carbons (Fsp3) is 0.407. The Morgan fingerprint density at radius 1 is 0.909 bits per heavy atom. The summed E-state index contributed by atoms with van der Waals surface area (Å²) < 4.78 is 2.12. The van der Waals surface area contributed by atoms with Gasteiger partial charge in [0.1, 0.15) is 0 Å². The summed E-state index contributed by atoms with van der Waals surface area (Å²) in [7, 11) is 0. The van der Waals surface area contributed by atoms with Crippen LogP contribution in [0.4, 0.5) is 4.79 Å². The number of carbonyl (C=O) groups is 1. The molecule has 2 aromatic carbocycles. The first-order chi connectivity index (χ1) is 16.1. The molecule has 2 aliphatic carbocycles. The third-order valence-corrected chi connectivity index (χ3v) is 8.12. The van der Waals surface area contributed by atoms with Crippen LogP contribution in [0.1, 0.15) is 68.5 Å². The van der Waals surface area contributed by atoms with Gasteiger partial charge < -0.3 is 5.32 Å². The molecule has 4 nitrogen and oxygen atoms in total. The van der Waals surface area contributed by atoms with Crippen LogP contribution in [0.3, 0.4) is 0 Å². The van der Waals surface area contributed by atoms with Crippen LogP contribution in [0.5, 0.6) is 0 Å². The van der Waals surface area contributed by atoms with Gasteiger partial charge in [-0.25, -0.2) is 9.80 Å². The van der Waals surface area contributed by atoms with Crippen LogP contribution >= 0.6 is 31.9 Å². The number of rotatable bonds is 3. The molecule has 2 unspecified atom stereocenters. The van der Waals surface area contributed by atoms with Crippen molar-refractivity contribution in [3.63, 3.8) is 0 Å². The summed E-state index contributed by atoms with van der Waals surface area (Å²) in [5.74, 6) is 0.221. The summed E-state index contributed by atoms with van der Waals surface area (Å²) in [6.45, 7) is 0. The third kappa shape index (κ3) is 5.12. The van der Waals surface area contributed by atoms with Crippen molar-refractivity contribution in [1.29, 1.82) is 0 Å². The molecule has 0 saturated heterocycles. The number of hydrogen-bond acceptors (Lipinski definition) is 2. The molecule has 3 aliphatic rings. The van der Waals surface area contributed by atoms with Crippen molar-refractivity contribution >= 4 is 49.7 Å². The zero-order chi connectivity index (χ0) is 22.8. The van der Waals surface area contributed by atoms with E-state index >= 15 is 0 Å². The minimum atomic E-state index is -0.0645. The number of carbonyl (C=O) groups excluding carboxylic acids is 1. The molecule has 1 N–H and O–H groups in total. The summed E-state index contributed by atoms with van der Waals surface area (Å²) in [4.78, 5) is 13.5. The van der Waals surface area contributed by atoms with E-state index in [2.05, 4.69) is 91.8 Å². The zero-order valence-corrected chi connectivity index (χ0v) is 21.8. The SMILES string of the molecule is O=C(NC1CCCCC1)N1N=C2/C(=C\c3ccc(Br)cc3)CCCC2C1c1ccc(Br)cc1. The Kier molecular flexibility index (Phi) is 7.02. The maximum atomic E-state index is 13.5. The Labute approximate surface area is 212 Å². The van der Waals surface area contributed by atoms with Gasteiger partial charge in [0, 0.05) is 20.9 Å². The Morgan fingerprint density at radius 2 is 1.58 bits per heavy atom. The van der Waals surface area contributed by atoms with Gasteiger partial charge in [-0.05, 0) is 79.1 Å². The lowest BCUT2D eigenvalue weighted by Crippen LogP contribution is -2.44. The van der Waals surface area contributed by atoms with E-state index in [1.165, 1.54) is 30.4 Å². The van der Waals surface area contributed by atoms with Gasteiger partial charge in [0.05, 0.1) is 11.8 Å². The van der Waals surface area contributed by atoms with Crippen molar-refractivity contribution in [2.75, 3.05) is 0 Å². The number of nitrogens with zero attached hydrogens (tertiary/aromatic N) is 2. The van der Waals surface area contributed by atoms with Gasteiger partial charge in [0.15, 0.2) is 0 Å². The molecule has 5 rings (SSSR count). The largest absolute Gasteiger partial charge is 0.338 e. The third-order valence-electron chi connectivity index (χ3n) is 7.06. The smallest absolute Gasteiger partial charge is 0.334 e. The summed E-state index contributed by atoms with van der Waals surface area (Å²) in [5, 5.41) is 10.0. The average Bonchev–Trinajstić information content (AvgIpc) is 3.23. The van der Waals surface area contributed by atoms with Crippen LogP contribution in [0.25, 0.3) is 6.08 Å². The van der Waals surface area contributed by atoms with Crippen molar-refractivity contribution < 1.29 is 4.79 Å². The molecule has 6 heteroatoms. The van der Waals surface area contributed by atoms with Crippen LogP contribution < -0.4 is 5.32 Å². The lowest BCUT2D eigenvalue weighted by atomic mass is 9.77. The zero-order valence-electron chi connectivity index (χ0n) is 18.6. The maximum absolute atomic E-state index is 13.5. The van der Waals surface area contributed by atoms with Gasteiger partial charge in [-0.15, -0.1) is 0 Å². The number of amides is 2. The van der Waals surface area contributed by atoms with Gasteiger partial charge in [0.25, 0.3) is 0 Å². The van der Waals surface area contributed by atoms with Crippen LogP contribution in [-0.2, 0) is 0 Å². The second-order valence-electron chi connectivity index (χ2n) is 9.33. The van der Waals surface area contributed by atoms with Crippen LogP contribution in [0, 0.1) is 5.92 Å². The Bertz CT molecular complexity index is 1060. The van der Waals surface area contributed by atoms with E-state index in [0.29, 0.717) is 0 Å². The highest BCUT2D eigenvalue weighted by molar-refractivity contribution is 9.10. The number of hydrazone groups is 1. The molecule has 2 fully saturated rings. The standard InChI is InChI=1S/C27H29Br2N3O/c28-21-13-9-18(10-14-21)17-20-5-4-8-24-25(20)31-32(26(24)19-11-15-22(29)16-12-19)27(33)30-23-6-2-1-3-7-23/h9-17,23-24,26H,1-8H2,(H,30,33)/b20-17-.